The van der Waals surface area contributed by atoms with Gasteiger partial charge in [0.25, 0.3) is 5.91 Å². The smallest absolute Gasteiger partial charge is 0.270 e. The molecule has 27 heavy (non-hydrogen) atoms. The van der Waals surface area contributed by atoms with Gasteiger partial charge in [-0.25, -0.2) is 9.97 Å². The van der Waals surface area contributed by atoms with Crippen LogP contribution < -0.4 is 10.2 Å². The van der Waals surface area contributed by atoms with Crippen molar-refractivity contribution < 1.29 is 4.79 Å². The van der Waals surface area contributed by atoms with E-state index in [1.165, 1.54) is 0 Å². The summed E-state index contributed by atoms with van der Waals surface area (Å²) in [4.78, 5) is 23.8. The van der Waals surface area contributed by atoms with E-state index in [0.29, 0.717) is 23.9 Å². The molecule has 1 aromatic heterocycles. The van der Waals surface area contributed by atoms with E-state index in [4.69, 9.17) is 4.98 Å². The van der Waals surface area contributed by atoms with Gasteiger partial charge in [0, 0.05) is 30.9 Å². The van der Waals surface area contributed by atoms with Crippen molar-refractivity contribution in [2.24, 2.45) is 0 Å². The van der Waals surface area contributed by atoms with Crippen molar-refractivity contribution in [2.45, 2.75) is 19.8 Å². The monoisotopic (exact) mass is 360 g/mol. The lowest BCUT2D eigenvalue weighted by Crippen LogP contribution is -2.26. The van der Waals surface area contributed by atoms with Crippen molar-refractivity contribution in [1.29, 1.82) is 0 Å². The number of para-hydroxylation sites is 1. The van der Waals surface area contributed by atoms with Gasteiger partial charge in [0.05, 0.1) is 0 Å². The molecule has 3 rings (SSSR count). The molecule has 0 aliphatic rings. The number of carbonyl (C=O) groups is 1. The average Bonchev–Trinajstić information content (AvgIpc) is 2.74. The highest BCUT2D eigenvalue weighted by Crippen LogP contribution is 2.25. The number of benzene rings is 2. The molecule has 0 fully saturated rings. The van der Waals surface area contributed by atoms with E-state index < -0.39 is 0 Å². The van der Waals surface area contributed by atoms with E-state index in [-0.39, 0.29) is 5.91 Å². The van der Waals surface area contributed by atoms with E-state index in [0.717, 1.165) is 24.1 Å². The Bertz CT molecular complexity index is 881. The maximum atomic E-state index is 12.6. The van der Waals surface area contributed by atoms with E-state index in [9.17, 15) is 4.79 Å². The first-order valence-electron chi connectivity index (χ1n) is 9.20. The molecule has 5 nitrogen and oxygen atoms in total. The first-order chi connectivity index (χ1) is 13.2. The van der Waals surface area contributed by atoms with Crippen molar-refractivity contribution in [3.8, 4) is 11.4 Å². The van der Waals surface area contributed by atoms with Crippen molar-refractivity contribution in [3.05, 3.63) is 72.4 Å². The molecule has 1 heterocycles. The van der Waals surface area contributed by atoms with Gasteiger partial charge in [-0.15, -0.1) is 0 Å². The van der Waals surface area contributed by atoms with Crippen molar-refractivity contribution in [2.75, 3.05) is 18.5 Å². The lowest BCUT2D eigenvalue weighted by atomic mass is 10.2. The fraction of sp³-hybridized carbons (Fsp3) is 0.227. The molecule has 0 saturated heterocycles. The summed E-state index contributed by atoms with van der Waals surface area (Å²) in [5, 5.41) is 2.94. The molecule has 0 aliphatic heterocycles. The Hall–Kier alpha value is -3.21. The van der Waals surface area contributed by atoms with Crippen LogP contribution in [0.4, 0.5) is 11.5 Å². The van der Waals surface area contributed by atoms with Gasteiger partial charge >= 0.3 is 0 Å². The number of nitrogens with one attached hydrogen (secondary N) is 1. The minimum atomic E-state index is -0.175. The van der Waals surface area contributed by atoms with Gasteiger partial charge in [0.15, 0.2) is 5.82 Å². The van der Waals surface area contributed by atoms with Crippen LogP contribution in [0, 0.1) is 0 Å². The van der Waals surface area contributed by atoms with E-state index in [1.807, 2.05) is 72.6 Å². The zero-order valence-corrected chi connectivity index (χ0v) is 15.7. The third-order valence-corrected chi connectivity index (χ3v) is 4.28. The predicted octanol–water partition coefficient (Wildman–Crippen LogP) is 4.44. The Morgan fingerprint density at radius 1 is 1.00 bits per heavy atom. The highest BCUT2D eigenvalue weighted by molar-refractivity contribution is 5.93. The molecule has 0 atom stereocenters. The molecule has 0 spiro atoms. The van der Waals surface area contributed by atoms with Crippen molar-refractivity contribution in [3.63, 3.8) is 0 Å². The zero-order chi connectivity index (χ0) is 19.1. The second-order valence-electron chi connectivity index (χ2n) is 6.31. The summed E-state index contributed by atoms with van der Waals surface area (Å²) < 4.78 is 0. The molecule has 0 bridgehead atoms. The Morgan fingerprint density at radius 3 is 2.33 bits per heavy atom. The van der Waals surface area contributed by atoms with Gasteiger partial charge in [0.2, 0.25) is 0 Å². The number of aromatic nitrogens is 2. The SMILES string of the molecule is CCCCNC(=O)c1cc(N(C)c2ccccc2)nc(-c2ccccc2)n1. The molecular formula is C22H24N4O. The fourth-order valence-corrected chi connectivity index (χ4v) is 2.69. The number of hydrogen-bond donors (Lipinski definition) is 1. The van der Waals surface area contributed by atoms with E-state index in [2.05, 4.69) is 17.2 Å². The summed E-state index contributed by atoms with van der Waals surface area (Å²) in [7, 11) is 1.94. The number of unbranched alkanes of at least 4 members (excludes halogenated alkanes) is 1. The lowest BCUT2D eigenvalue weighted by molar-refractivity contribution is 0.0948. The third-order valence-electron chi connectivity index (χ3n) is 4.28. The van der Waals surface area contributed by atoms with Gasteiger partial charge in [-0.2, -0.15) is 0 Å². The summed E-state index contributed by atoms with van der Waals surface area (Å²) >= 11 is 0. The third kappa shape index (κ3) is 4.70. The average molecular weight is 360 g/mol. The van der Waals surface area contributed by atoms with Crippen LogP contribution >= 0.6 is 0 Å². The minimum absolute atomic E-state index is 0.175. The molecule has 0 saturated carbocycles. The Balaban J connectivity index is 1.99. The summed E-state index contributed by atoms with van der Waals surface area (Å²) in [6, 6.07) is 21.4. The van der Waals surface area contributed by atoms with Crippen LogP contribution in [-0.4, -0.2) is 29.5 Å². The van der Waals surface area contributed by atoms with Crippen molar-refractivity contribution >= 4 is 17.4 Å². The van der Waals surface area contributed by atoms with Crippen LogP contribution in [-0.2, 0) is 0 Å². The van der Waals surface area contributed by atoms with Gasteiger partial charge in [0.1, 0.15) is 11.5 Å². The number of anilines is 2. The normalized spacial score (nSPS) is 10.4. The largest absolute Gasteiger partial charge is 0.351 e. The van der Waals surface area contributed by atoms with Gasteiger partial charge in [-0.05, 0) is 18.6 Å². The van der Waals surface area contributed by atoms with Gasteiger partial charge in [-0.1, -0.05) is 61.9 Å². The molecule has 0 radical (unpaired) electrons. The Morgan fingerprint density at radius 2 is 1.67 bits per heavy atom. The van der Waals surface area contributed by atoms with Crippen LogP contribution in [0.3, 0.4) is 0 Å². The molecule has 5 heteroatoms. The molecule has 2 aromatic carbocycles. The van der Waals surface area contributed by atoms with Crippen molar-refractivity contribution in [1.82, 2.24) is 15.3 Å². The summed E-state index contributed by atoms with van der Waals surface area (Å²) in [6.07, 6.45) is 1.97. The standard InChI is InChI=1S/C22H24N4O/c1-3-4-15-23-22(27)19-16-20(26(2)18-13-9-6-10-14-18)25-21(24-19)17-11-7-5-8-12-17/h5-14,16H,3-4,15H2,1-2H3,(H,23,27). The van der Waals surface area contributed by atoms with Crippen LogP contribution in [0.25, 0.3) is 11.4 Å². The van der Waals surface area contributed by atoms with Gasteiger partial charge in [-0.3, -0.25) is 4.79 Å². The number of amides is 1. The first kappa shape index (κ1) is 18.6. The number of nitrogens with zero attached hydrogens (tertiary/aromatic N) is 3. The molecule has 0 unspecified atom stereocenters. The first-order valence-corrected chi connectivity index (χ1v) is 9.20. The highest BCUT2D eigenvalue weighted by Gasteiger charge is 2.15. The predicted molar refractivity (Wildman–Crippen MR) is 109 cm³/mol. The maximum Gasteiger partial charge on any atom is 0.270 e. The highest BCUT2D eigenvalue weighted by atomic mass is 16.1. The Labute approximate surface area is 160 Å². The minimum Gasteiger partial charge on any atom is -0.351 e. The maximum absolute atomic E-state index is 12.6. The molecule has 1 amide bonds. The second kappa shape index (κ2) is 8.94. The quantitative estimate of drug-likeness (QED) is 0.633. The number of carbonyl (C=O) groups excluding carboxylic acids is 1. The topological polar surface area (TPSA) is 58.1 Å². The number of hydrogen-bond acceptors (Lipinski definition) is 4. The number of rotatable bonds is 7. The molecule has 0 aliphatic carbocycles. The van der Waals surface area contributed by atoms with Crippen LogP contribution in [0.2, 0.25) is 0 Å². The zero-order valence-electron chi connectivity index (χ0n) is 15.7. The molecular weight excluding hydrogens is 336 g/mol. The summed E-state index contributed by atoms with van der Waals surface area (Å²) in [5.41, 5.74) is 2.24. The summed E-state index contributed by atoms with van der Waals surface area (Å²) in [5.74, 6) is 1.04. The van der Waals surface area contributed by atoms with Crippen LogP contribution in [0.5, 0.6) is 0 Å². The van der Waals surface area contributed by atoms with Gasteiger partial charge < -0.3 is 10.2 Å². The molecule has 3 aromatic rings. The van der Waals surface area contributed by atoms with E-state index >= 15 is 0 Å². The summed E-state index contributed by atoms with van der Waals surface area (Å²) in [6.45, 7) is 2.74. The fourth-order valence-electron chi connectivity index (χ4n) is 2.69. The van der Waals surface area contributed by atoms with Crippen LogP contribution in [0.15, 0.2) is 66.7 Å². The van der Waals surface area contributed by atoms with Crippen LogP contribution in [0.1, 0.15) is 30.3 Å². The lowest BCUT2D eigenvalue weighted by Gasteiger charge is -2.19. The molecule has 138 valence electrons. The van der Waals surface area contributed by atoms with E-state index in [1.54, 1.807) is 6.07 Å². The Kier molecular flexibility index (Phi) is 6.15. The second-order valence-corrected chi connectivity index (χ2v) is 6.31. The molecule has 1 N–H and O–H groups in total.